The highest BCUT2D eigenvalue weighted by Crippen LogP contribution is 2.43. The Morgan fingerprint density at radius 3 is 2.57 bits per heavy atom. The molecule has 1 fully saturated rings. The van der Waals surface area contributed by atoms with Gasteiger partial charge in [-0.25, -0.2) is 0 Å². The second kappa shape index (κ2) is 6.31. The number of benzene rings is 2. The summed E-state index contributed by atoms with van der Waals surface area (Å²) in [5.74, 6) is 0. The predicted molar refractivity (Wildman–Crippen MR) is 97.3 cm³/mol. The smallest absolute Gasteiger partial charge is 0.0401 e. The molecule has 0 amide bonds. The molecule has 0 aliphatic carbocycles. The molecule has 1 saturated heterocycles. The highest BCUT2D eigenvalue weighted by atomic mass is 32.2. The second-order valence-electron chi connectivity index (χ2n) is 6.81. The summed E-state index contributed by atoms with van der Waals surface area (Å²) >= 11 is 1.95. The van der Waals surface area contributed by atoms with Gasteiger partial charge in [-0.2, -0.15) is 0 Å². The summed E-state index contributed by atoms with van der Waals surface area (Å²) in [6.07, 6.45) is 1.13. The summed E-state index contributed by atoms with van der Waals surface area (Å²) in [5.41, 5.74) is 4.37. The van der Waals surface area contributed by atoms with Crippen LogP contribution in [0.25, 0.3) is 0 Å². The van der Waals surface area contributed by atoms with Gasteiger partial charge >= 0.3 is 0 Å². The van der Waals surface area contributed by atoms with Crippen LogP contribution in [0.5, 0.6) is 0 Å². The molecule has 0 spiro atoms. The van der Waals surface area contributed by atoms with Crippen molar-refractivity contribution in [2.45, 2.75) is 29.2 Å². The van der Waals surface area contributed by atoms with Gasteiger partial charge in [0.05, 0.1) is 0 Å². The molecular formula is C20H24N2S. The molecule has 0 unspecified atom stereocenters. The summed E-state index contributed by atoms with van der Waals surface area (Å²) in [4.78, 5) is 8.00. The number of nitrogens with zero attached hydrogens (tertiary/aromatic N) is 2. The lowest BCUT2D eigenvalue weighted by Crippen LogP contribution is -2.46. The zero-order chi connectivity index (χ0) is 15.8. The lowest BCUT2D eigenvalue weighted by molar-refractivity contribution is 0.110. The molecule has 2 aromatic rings. The maximum absolute atomic E-state index is 2.69. The van der Waals surface area contributed by atoms with Crippen LogP contribution in [0.15, 0.2) is 52.3 Å². The van der Waals surface area contributed by atoms with Gasteiger partial charge in [0.1, 0.15) is 0 Å². The first-order chi connectivity index (χ1) is 11.2. The Morgan fingerprint density at radius 1 is 0.957 bits per heavy atom. The van der Waals surface area contributed by atoms with Crippen LogP contribution < -0.4 is 0 Å². The molecule has 2 nitrogen and oxygen atoms in total. The van der Waals surface area contributed by atoms with Gasteiger partial charge in [0.15, 0.2) is 0 Å². The average Bonchev–Trinajstić information content (AvgIpc) is 2.71. The van der Waals surface area contributed by atoms with E-state index in [1.54, 1.807) is 0 Å². The second-order valence-corrected chi connectivity index (χ2v) is 7.89. The van der Waals surface area contributed by atoms with Crippen molar-refractivity contribution in [2.24, 2.45) is 0 Å². The van der Waals surface area contributed by atoms with Crippen LogP contribution in [-0.4, -0.2) is 43.0 Å². The van der Waals surface area contributed by atoms with Gasteiger partial charge in [0.2, 0.25) is 0 Å². The molecule has 0 saturated carbocycles. The molecule has 2 heterocycles. The molecule has 2 aliphatic rings. The van der Waals surface area contributed by atoms with E-state index in [2.05, 4.69) is 66.2 Å². The zero-order valence-electron chi connectivity index (χ0n) is 14.0. The lowest BCUT2D eigenvalue weighted by Gasteiger charge is -2.38. The van der Waals surface area contributed by atoms with E-state index in [1.165, 1.54) is 52.7 Å². The minimum atomic E-state index is 0.510. The third-order valence-electron chi connectivity index (χ3n) is 5.11. The Kier molecular flexibility index (Phi) is 4.18. The first-order valence-electron chi connectivity index (χ1n) is 8.49. The summed E-state index contributed by atoms with van der Waals surface area (Å²) in [6, 6.07) is 16.5. The Morgan fingerprint density at radius 2 is 1.74 bits per heavy atom. The monoisotopic (exact) mass is 324 g/mol. The van der Waals surface area contributed by atoms with Crippen LogP contribution in [0.1, 0.15) is 22.7 Å². The van der Waals surface area contributed by atoms with E-state index in [4.69, 9.17) is 0 Å². The molecule has 0 bridgehead atoms. The minimum Gasteiger partial charge on any atom is -0.304 e. The molecule has 23 heavy (non-hydrogen) atoms. The van der Waals surface area contributed by atoms with Gasteiger partial charge in [-0.1, -0.05) is 42.1 Å². The zero-order valence-corrected chi connectivity index (χ0v) is 14.8. The highest BCUT2D eigenvalue weighted by Gasteiger charge is 2.29. The van der Waals surface area contributed by atoms with Crippen molar-refractivity contribution in [3.63, 3.8) is 0 Å². The number of hydrogen-bond acceptors (Lipinski definition) is 3. The number of aryl methyl sites for hydroxylation is 1. The van der Waals surface area contributed by atoms with Crippen LogP contribution in [-0.2, 0) is 6.42 Å². The maximum atomic E-state index is 2.69. The van der Waals surface area contributed by atoms with E-state index < -0.39 is 0 Å². The van der Waals surface area contributed by atoms with E-state index >= 15 is 0 Å². The van der Waals surface area contributed by atoms with Crippen LogP contribution in [0, 0.1) is 6.92 Å². The Balaban J connectivity index is 1.75. The quantitative estimate of drug-likeness (QED) is 0.783. The standard InChI is InChI=1S/C20H24N2S/c1-15-7-8-17-18(22-11-9-21(2)10-12-22)14-16-5-3-4-6-19(16)23-20(17)13-15/h3-8,13,18H,9-12,14H2,1-2H3/t18-/m1/s1. The molecule has 0 N–H and O–H groups in total. The summed E-state index contributed by atoms with van der Waals surface area (Å²) in [5, 5.41) is 0. The highest BCUT2D eigenvalue weighted by molar-refractivity contribution is 7.99. The van der Waals surface area contributed by atoms with Crippen molar-refractivity contribution in [3.8, 4) is 0 Å². The molecule has 120 valence electrons. The van der Waals surface area contributed by atoms with Crippen molar-refractivity contribution in [3.05, 3.63) is 59.2 Å². The Hall–Kier alpha value is -1.29. The van der Waals surface area contributed by atoms with E-state index in [0.29, 0.717) is 6.04 Å². The molecular weight excluding hydrogens is 300 g/mol. The summed E-state index contributed by atoms with van der Waals surface area (Å²) in [7, 11) is 2.23. The summed E-state index contributed by atoms with van der Waals surface area (Å²) in [6.45, 7) is 6.88. The van der Waals surface area contributed by atoms with E-state index in [-0.39, 0.29) is 0 Å². The molecule has 0 radical (unpaired) electrons. The minimum absolute atomic E-state index is 0.510. The number of hydrogen-bond donors (Lipinski definition) is 0. The molecule has 2 aromatic carbocycles. The SMILES string of the molecule is Cc1ccc2c(c1)Sc1ccccc1C[C@H]2N1CCN(C)CC1. The van der Waals surface area contributed by atoms with Crippen molar-refractivity contribution >= 4 is 11.8 Å². The molecule has 2 aliphatic heterocycles. The van der Waals surface area contributed by atoms with Gasteiger partial charge in [0, 0.05) is 42.0 Å². The Bertz CT molecular complexity index is 705. The van der Waals surface area contributed by atoms with Crippen LogP contribution >= 0.6 is 11.8 Å². The van der Waals surface area contributed by atoms with Gasteiger partial charge in [-0.05, 0) is 49.2 Å². The normalized spacial score (nSPS) is 22.3. The summed E-state index contributed by atoms with van der Waals surface area (Å²) < 4.78 is 0. The number of piperazine rings is 1. The fourth-order valence-corrected chi connectivity index (χ4v) is 4.91. The Labute approximate surface area is 143 Å². The largest absolute Gasteiger partial charge is 0.304 e. The van der Waals surface area contributed by atoms with E-state index in [9.17, 15) is 0 Å². The molecule has 4 rings (SSSR count). The number of likely N-dealkylation sites (N-methyl/N-ethyl adjacent to an activating group) is 1. The van der Waals surface area contributed by atoms with E-state index in [0.717, 1.165) is 6.42 Å². The van der Waals surface area contributed by atoms with Crippen LogP contribution in [0.4, 0.5) is 0 Å². The maximum Gasteiger partial charge on any atom is 0.0401 e. The lowest BCUT2D eigenvalue weighted by atomic mass is 9.96. The van der Waals surface area contributed by atoms with Crippen LogP contribution in [0.2, 0.25) is 0 Å². The molecule has 0 aromatic heterocycles. The fraction of sp³-hybridized carbons (Fsp3) is 0.400. The van der Waals surface area contributed by atoms with Crippen molar-refractivity contribution < 1.29 is 0 Å². The number of fused-ring (bicyclic) bond motifs is 2. The van der Waals surface area contributed by atoms with Gasteiger partial charge in [0.25, 0.3) is 0 Å². The van der Waals surface area contributed by atoms with Gasteiger partial charge < -0.3 is 4.90 Å². The third-order valence-corrected chi connectivity index (χ3v) is 6.30. The van der Waals surface area contributed by atoms with Gasteiger partial charge in [-0.15, -0.1) is 0 Å². The van der Waals surface area contributed by atoms with Crippen LogP contribution in [0.3, 0.4) is 0 Å². The molecule has 3 heteroatoms. The van der Waals surface area contributed by atoms with Crippen molar-refractivity contribution in [1.29, 1.82) is 0 Å². The fourth-order valence-electron chi connectivity index (χ4n) is 3.67. The average molecular weight is 324 g/mol. The first-order valence-corrected chi connectivity index (χ1v) is 9.31. The van der Waals surface area contributed by atoms with Crippen molar-refractivity contribution in [2.75, 3.05) is 33.2 Å². The predicted octanol–water partition coefficient (Wildman–Crippen LogP) is 3.99. The third kappa shape index (κ3) is 3.06. The van der Waals surface area contributed by atoms with Crippen molar-refractivity contribution in [1.82, 2.24) is 9.80 Å². The number of rotatable bonds is 1. The van der Waals surface area contributed by atoms with Gasteiger partial charge in [-0.3, -0.25) is 4.90 Å². The first kappa shape index (κ1) is 15.3. The molecule has 1 atom stereocenters. The van der Waals surface area contributed by atoms with E-state index in [1.807, 2.05) is 11.8 Å². The topological polar surface area (TPSA) is 6.48 Å².